The summed E-state index contributed by atoms with van der Waals surface area (Å²) in [5.41, 5.74) is 6.96. The Kier molecular flexibility index (Phi) is 2.31. The fraction of sp³-hybridized carbons (Fsp3) is 0.462. The zero-order valence-corrected chi connectivity index (χ0v) is 9.17. The molecule has 3 rings (SSSR count). The highest BCUT2D eigenvalue weighted by molar-refractivity contribution is 5.73. The van der Waals surface area contributed by atoms with Crippen LogP contribution >= 0.6 is 0 Å². The molecular weight excluding hydrogens is 200 g/mol. The van der Waals surface area contributed by atoms with Crippen LogP contribution in [0.4, 0.5) is 0 Å². The van der Waals surface area contributed by atoms with Crippen LogP contribution in [0.1, 0.15) is 24.3 Å². The first kappa shape index (κ1) is 9.70. The second-order valence-electron chi connectivity index (χ2n) is 4.68. The Labute approximate surface area is 95.3 Å². The van der Waals surface area contributed by atoms with Crippen molar-refractivity contribution in [2.24, 2.45) is 16.6 Å². The van der Waals surface area contributed by atoms with Gasteiger partial charge in [-0.15, -0.1) is 0 Å². The molecule has 1 heterocycles. The molecule has 16 heavy (non-hydrogen) atoms. The predicted octanol–water partition coefficient (Wildman–Crippen LogP) is 1.89. The van der Waals surface area contributed by atoms with E-state index in [1.165, 1.54) is 12.0 Å². The van der Waals surface area contributed by atoms with Crippen LogP contribution < -0.4 is 5.73 Å². The average molecular weight is 216 g/mol. The normalized spacial score (nSPS) is 32.0. The van der Waals surface area contributed by atoms with Crippen molar-refractivity contribution in [1.82, 2.24) is 0 Å². The van der Waals surface area contributed by atoms with Crippen LogP contribution in [0.2, 0.25) is 0 Å². The molecule has 2 N–H and O–H groups in total. The van der Waals surface area contributed by atoms with E-state index >= 15 is 0 Å². The summed E-state index contributed by atoms with van der Waals surface area (Å²) in [6, 6.07) is 11.4. The molecule has 0 bridgehead atoms. The standard InChI is InChI=1S/C13H16N2O/c14-13-15-11(8-16-13)6-10-7-12(10)9-4-2-1-3-5-9/h1-5,10-12H,6-8H2,(H2,14,15)/t10?,11-,12?/m0/s1. The molecule has 1 aromatic carbocycles. The van der Waals surface area contributed by atoms with Crippen molar-refractivity contribution >= 4 is 6.02 Å². The van der Waals surface area contributed by atoms with Crippen molar-refractivity contribution in [2.75, 3.05) is 6.61 Å². The quantitative estimate of drug-likeness (QED) is 0.838. The highest BCUT2D eigenvalue weighted by Gasteiger charge is 2.40. The fourth-order valence-electron chi connectivity index (χ4n) is 2.52. The van der Waals surface area contributed by atoms with Gasteiger partial charge >= 0.3 is 0 Å². The van der Waals surface area contributed by atoms with Crippen LogP contribution in [0.15, 0.2) is 35.3 Å². The summed E-state index contributed by atoms with van der Waals surface area (Å²) in [6.07, 6.45) is 2.40. The number of hydrogen-bond acceptors (Lipinski definition) is 3. The lowest BCUT2D eigenvalue weighted by molar-refractivity contribution is 0.303. The number of nitrogens with zero attached hydrogens (tertiary/aromatic N) is 1. The minimum atomic E-state index is 0.290. The number of benzene rings is 1. The molecule has 1 saturated carbocycles. The van der Waals surface area contributed by atoms with Gasteiger partial charge in [0, 0.05) is 0 Å². The molecule has 3 atom stereocenters. The van der Waals surface area contributed by atoms with Crippen LogP contribution in [0.5, 0.6) is 0 Å². The first-order chi connectivity index (χ1) is 7.83. The van der Waals surface area contributed by atoms with Gasteiger partial charge in [0.1, 0.15) is 6.61 Å². The maximum Gasteiger partial charge on any atom is 0.282 e. The topological polar surface area (TPSA) is 47.6 Å². The number of ether oxygens (including phenoxy) is 1. The van der Waals surface area contributed by atoms with Gasteiger partial charge in [-0.3, -0.25) is 0 Å². The summed E-state index contributed by atoms with van der Waals surface area (Å²) in [5.74, 6) is 1.50. The van der Waals surface area contributed by atoms with Crippen molar-refractivity contribution in [3.8, 4) is 0 Å². The zero-order chi connectivity index (χ0) is 11.0. The molecule has 1 aromatic rings. The van der Waals surface area contributed by atoms with Crippen molar-refractivity contribution in [3.05, 3.63) is 35.9 Å². The first-order valence-corrected chi connectivity index (χ1v) is 5.84. The first-order valence-electron chi connectivity index (χ1n) is 5.84. The Morgan fingerprint density at radius 2 is 2.12 bits per heavy atom. The Morgan fingerprint density at radius 1 is 1.31 bits per heavy atom. The van der Waals surface area contributed by atoms with E-state index in [-0.39, 0.29) is 0 Å². The molecule has 0 radical (unpaired) electrons. The van der Waals surface area contributed by atoms with Crippen molar-refractivity contribution < 1.29 is 4.74 Å². The molecule has 0 spiro atoms. The summed E-state index contributed by atoms with van der Waals surface area (Å²) in [4.78, 5) is 4.27. The van der Waals surface area contributed by atoms with Crippen LogP contribution in [0, 0.1) is 5.92 Å². The van der Waals surface area contributed by atoms with E-state index in [1.807, 2.05) is 0 Å². The highest BCUT2D eigenvalue weighted by atomic mass is 16.5. The number of rotatable bonds is 3. The van der Waals surface area contributed by atoms with E-state index in [2.05, 4.69) is 35.3 Å². The molecule has 2 unspecified atom stereocenters. The molecule has 0 aromatic heterocycles. The zero-order valence-electron chi connectivity index (χ0n) is 9.17. The van der Waals surface area contributed by atoms with Gasteiger partial charge in [-0.1, -0.05) is 30.3 Å². The van der Waals surface area contributed by atoms with Crippen LogP contribution in [0.3, 0.4) is 0 Å². The molecule has 0 amide bonds. The van der Waals surface area contributed by atoms with Gasteiger partial charge in [0.15, 0.2) is 0 Å². The molecule has 1 aliphatic heterocycles. The van der Waals surface area contributed by atoms with Crippen molar-refractivity contribution in [1.29, 1.82) is 0 Å². The van der Waals surface area contributed by atoms with E-state index in [0.717, 1.165) is 18.3 Å². The van der Waals surface area contributed by atoms with Gasteiger partial charge < -0.3 is 10.5 Å². The second kappa shape index (κ2) is 3.81. The Hall–Kier alpha value is -1.51. The van der Waals surface area contributed by atoms with E-state index in [9.17, 15) is 0 Å². The summed E-state index contributed by atoms with van der Waals surface area (Å²) in [5, 5.41) is 0. The van der Waals surface area contributed by atoms with Crippen molar-refractivity contribution in [3.63, 3.8) is 0 Å². The van der Waals surface area contributed by atoms with E-state index in [4.69, 9.17) is 10.5 Å². The molecule has 3 heteroatoms. The molecule has 84 valence electrons. The summed E-state index contributed by atoms with van der Waals surface area (Å²) < 4.78 is 5.16. The predicted molar refractivity (Wildman–Crippen MR) is 63.3 cm³/mol. The van der Waals surface area contributed by atoms with Gasteiger partial charge in [-0.25, -0.2) is 4.99 Å². The summed E-state index contributed by atoms with van der Waals surface area (Å²) in [6.45, 7) is 0.670. The van der Waals surface area contributed by atoms with Gasteiger partial charge in [-0.2, -0.15) is 0 Å². The maximum absolute atomic E-state index is 5.49. The van der Waals surface area contributed by atoms with E-state index in [1.54, 1.807) is 0 Å². The van der Waals surface area contributed by atoms with E-state index in [0.29, 0.717) is 18.7 Å². The molecule has 0 saturated heterocycles. The molecule has 1 fully saturated rings. The third kappa shape index (κ3) is 1.90. The van der Waals surface area contributed by atoms with Gasteiger partial charge in [0.2, 0.25) is 0 Å². The smallest absolute Gasteiger partial charge is 0.282 e. The van der Waals surface area contributed by atoms with Crippen LogP contribution in [0.25, 0.3) is 0 Å². The molecular formula is C13H16N2O. The Bertz CT molecular complexity index is 402. The summed E-state index contributed by atoms with van der Waals surface area (Å²) >= 11 is 0. The summed E-state index contributed by atoms with van der Waals surface area (Å²) in [7, 11) is 0. The molecule has 3 nitrogen and oxygen atoms in total. The SMILES string of the molecule is NC1=N[C@@H](CC2CC2c2ccccc2)CO1. The maximum atomic E-state index is 5.49. The van der Waals surface area contributed by atoms with Gasteiger partial charge in [0.05, 0.1) is 6.04 Å². The van der Waals surface area contributed by atoms with Crippen LogP contribution in [-0.2, 0) is 4.74 Å². The van der Waals surface area contributed by atoms with E-state index < -0.39 is 0 Å². The van der Waals surface area contributed by atoms with Gasteiger partial charge in [0.25, 0.3) is 6.02 Å². The Morgan fingerprint density at radius 3 is 2.81 bits per heavy atom. The molecule has 2 aliphatic rings. The average Bonchev–Trinajstić information content (AvgIpc) is 2.95. The monoisotopic (exact) mass is 216 g/mol. The Balaban J connectivity index is 1.57. The van der Waals surface area contributed by atoms with Crippen LogP contribution in [-0.4, -0.2) is 18.7 Å². The number of nitrogens with two attached hydrogens (primary N) is 1. The largest absolute Gasteiger partial charge is 0.463 e. The third-order valence-electron chi connectivity index (χ3n) is 3.46. The number of hydrogen-bond donors (Lipinski definition) is 1. The fourth-order valence-corrected chi connectivity index (χ4v) is 2.52. The number of aliphatic imine (C=N–C) groups is 1. The second-order valence-corrected chi connectivity index (χ2v) is 4.68. The number of amidine groups is 1. The lowest BCUT2D eigenvalue weighted by Crippen LogP contribution is -2.10. The minimum Gasteiger partial charge on any atom is -0.463 e. The molecule has 1 aliphatic carbocycles. The highest BCUT2D eigenvalue weighted by Crippen LogP contribution is 2.50. The lowest BCUT2D eigenvalue weighted by atomic mass is 10.1. The van der Waals surface area contributed by atoms with Gasteiger partial charge in [-0.05, 0) is 30.2 Å². The lowest BCUT2D eigenvalue weighted by Gasteiger charge is -2.04. The van der Waals surface area contributed by atoms with Crippen molar-refractivity contribution in [2.45, 2.75) is 24.8 Å². The minimum absolute atomic E-state index is 0.290. The third-order valence-corrected chi connectivity index (χ3v) is 3.46.